The van der Waals surface area contributed by atoms with Gasteiger partial charge in [-0.2, -0.15) is 0 Å². The van der Waals surface area contributed by atoms with Crippen molar-refractivity contribution in [2.24, 2.45) is 11.3 Å². The van der Waals surface area contributed by atoms with Gasteiger partial charge in [-0.1, -0.05) is 20.8 Å². The van der Waals surface area contributed by atoms with Gasteiger partial charge in [-0.15, -0.1) is 11.3 Å². The van der Waals surface area contributed by atoms with Gasteiger partial charge in [-0.3, -0.25) is 4.90 Å². The quantitative estimate of drug-likeness (QED) is 0.876. The number of thiophene rings is 1. The lowest BCUT2D eigenvalue weighted by atomic mass is 9.83. The summed E-state index contributed by atoms with van der Waals surface area (Å²) in [7, 11) is 0. The van der Waals surface area contributed by atoms with Gasteiger partial charge in [0.1, 0.15) is 0 Å². The van der Waals surface area contributed by atoms with Crippen molar-refractivity contribution in [2.45, 2.75) is 52.2 Å². The minimum Gasteiger partial charge on any atom is -0.311 e. The summed E-state index contributed by atoms with van der Waals surface area (Å²) in [5.41, 5.74) is 0.325. The van der Waals surface area contributed by atoms with Crippen molar-refractivity contribution in [1.82, 2.24) is 10.2 Å². The second kappa shape index (κ2) is 5.71. The van der Waals surface area contributed by atoms with E-state index in [1.807, 2.05) is 11.3 Å². The van der Waals surface area contributed by atoms with E-state index in [2.05, 4.69) is 58.4 Å². The lowest BCUT2D eigenvalue weighted by Gasteiger charge is -2.46. The van der Waals surface area contributed by atoms with E-state index in [9.17, 15) is 0 Å². The van der Waals surface area contributed by atoms with E-state index in [1.54, 1.807) is 0 Å². The van der Waals surface area contributed by atoms with E-state index < -0.39 is 0 Å². The van der Waals surface area contributed by atoms with Gasteiger partial charge in [0.2, 0.25) is 0 Å². The summed E-state index contributed by atoms with van der Waals surface area (Å²) in [5.74, 6) is 0.935. The minimum absolute atomic E-state index is 0.325. The van der Waals surface area contributed by atoms with Crippen LogP contribution in [0.4, 0.5) is 0 Å². The number of rotatable bonds is 3. The molecule has 112 valence electrons. The molecule has 2 heterocycles. The highest BCUT2D eigenvalue weighted by atomic mass is 79.9. The summed E-state index contributed by atoms with van der Waals surface area (Å²) in [6, 6.07) is 3.51. The van der Waals surface area contributed by atoms with E-state index in [0.29, 0.717) is 17.5 Å². The summed E-state index contributed by atoms with van der Waals surface area (Å²) in [4.78, 5) is 4.19. The molecule has 1 aromatic rings. The molecule has 1 aliphatic heterocycles. The van der Waals surface area contributed by atoms with Crippen LogP contribution < -0.4 is 5.32 Å². The van der Waals surface area contributed by atoms with E-state index >= 15 is 0 Å². The average Bonchev–Trinajstić information content (AvgIpc) is 3.14. The first kappa shape index (κ1) is 15.0. The van der Waals surface area contributed by atoms with Crippen LogP contribution in [0.2, 0.25) is 0 Å². The molecule has 1 saturated heterocycles. The molecule has 1 aliphatic carbocycles. The average molecular weight is 357 g/mol. The number of hydrogen-bond acceptors (Lipinski definition) is 3. The van der Waals surface area contributed by atoms with Crippen molar-refractivity contribution < 1.29 is 0 Å². The summed E-state index contributed by atoms with van der Waals surface area (Å²) in [5, 5.41) is 6.00. The fraction of sp³-hybridized carbons (Fsp3) is 0.750. The summed E-state index contributed by atoms with van der Waals surface area (Å²) in [6.07, 6.45) is 2.85. The van der Waals surface area contributed by atoms with Gasteiger partial charge in [-0.25, -0.2) is 0 Å². The second-order valence-corrected chi connectivity index (χ2v) is 9.21. The molecule has 3 rings (SSSR count). The van der Waals surface area contributed by atoms with Crippen LogP contribution >= 0.6 is 27.3 Å². The summed E-state index contributed by atoms with van der Waals surface area (Å²) >= 11 is 5.56. The van der Waals surface area contributed by atoms with Crippen LogP contribution in [0.15, 0.2) is 15.9 Å². The number of nitrogens with zero attached hydrogens (tertiary/aromatic N) is 1. The Hall–Kier alpha value is 0.100. The lowest BCUT2D eigenvalue weighted by Crippen LogP contribution is -2.60. The summed E-state index contributed by atoms with van der Waals surface area (Å²) in [6.45, 7) is 10.5. The fourth-order valence-electron chi connectivity index (χ4n) is 3.30. The van der Waals surface area contributed by atoms with Gasteiger partial charge in [0.25, 0.3) is 0 Å². The monoisotopic (exact) mass is 356 g/mol. The Kier molecular flexibility index (Phi) is 4.29. The zero-order chi connectivity index (χ0) is 14.3. The molecular formula is C16H25BrN2S. The van der Waals surface area contributed by atoms with E-state index in [-0.39, 0.29) is 0 Å². The van der Waals surface area contributed by atoms with Crippen molar-refractivity contribution in [3.05, 3.63) is 20.8 Å². The zero-order valence-corrected chi connectivity index (χ0v) is 15.1. The molecule has 0 radical (unpaired) electrons. The van der Waals surface area contributed by atoms with Crippen molar-refractivity contribution in [3.8, 4) is 0 Å². The van der Waals surface area contributed by atoms with Gasteiger partial charge >= 0.3 is 0 Å². The van der Waals surface area contributed by atoms with Gasteiger partial charge < -0.3 is 5.32 Å². The molecule has 0 amide bonds. The van der Waals surface area contributed by atoms with Crippen molar-refractivity contribution in [1.29, 1.82) is 0 Å². The Morgan fingerprint density at radius 2 is 2.15 bits per heavy atom. The molecule has 2 nitrogen and oxygen atoms in total. The molecule has 0 aromatic carbocycles. The van der Waals surface area contributed by atoms with Crippen LogP contribution in [0.1, 0.15) is 38.5 Å². The number of piperazine rings is 1. The predicted octanol–water partition coefficient (Wildman–Crippen LogP) is 4.11. The maximum Gasteiger partial charge on any atom is 0.0343 e. The van der Waals surface area contributed by atoms with Gasteiger partial charge in [0, 0.05) is 41.1 Å². The largest absolute Gasteiger partial charge is 0.311 e. The first-order valence-corrected chi connectivity index (χ1v) is 9.31. The van der Waals surface area contributed by atoms with Gasteiger partial charge in [0.05, 0.1) is 0 Å². The molecule has 4 heteroatoms. The van der Waals surface area contributed by atoms with Crippen LogP contribution in [0.25, 0.3) is 0 Å². The van der Waals surface area contributed by atoms with E-state index in [0.717, 1.165) is 19.0 Å². The van der Waals surface area contributed by atoms with Crippen LogP contribution in [-0.4, -0.2) is 30.1 Å². The third kappa shape index (κ3) is 3.29. The Bertz CT molecular complexity index is 461. The molecule has 1 saturated carbocycles. The number of halogens is 1. The smallest absolute Gasteiger partial charge is 0.0343 e. The highest BCUT2D eigenvalue weighted by Crippen LogP contribution is 2.37. The minimum atomic E-state index is 0.325. The lowest BCUT2D eigenvalue weighted by molar-refractivity contribution is 0.0456. The van der Waals surface area contributed by atoms with Gasteiger partial charge in [0.15, 0.2) is 0 Å². The van der Waals surface area contributed by atoms with Crippen LogP contribution in [-0.2, 0) is 6.54 Å². The zero-order valence-electron chi connectivity index (χ0n) is 12.7. The predicted molar refractivity (Wildman–Crippen MR) is 90.2 cm³/mol. The van der Waals surface area contributed by atoms with E-state index in [1.165, 1.54) is 28.7 Å². The Labute approximate surface area is 135 Å². The maximum absolute atomic E-state index is 3.81. The Morgan fingerprint density at radius 3 is 2.70 bits per heavy atom. The third-order valence-electron chi connectivity index (χ3n) is 4.67. The van der Waals surface area contributed by atoms with E-state index in [4.69, 9.17) is 0 Å². The molecule has 20 heavy (non-hydrogen) atoms. The third-order valence-corrected chi connectivity index (χ3v) is 6.58. The first-order chi connectivity index (χ1) is 9.45. The van der Waals surface area contributed by atoms with Crippen molar-refractivity contribution in [3.63, 3.8) is 0 Å². The van der Waals surface area contributed by atoms with Crippen LogP contribution in [0, 0.1) is 11.3 Å². The molecule has 2 fully saturated rings. The van der Waals surface area contributed by atoms with Crippen LogP contribution in [0.3, 0.4) is 0 Å². The maximum atomic E-state index is 3.81. The Morgan fingerprint density at radius 1 is 1.40 bits per heavy atom. The SMILES string of the molecule is CC(C)(C)C1CNC(C2CC2)CN1Cc1sccc1Br. The Balaban J connectivity index is 1.75. The molecular weight excluding hydrogens is 332 g/mol. The number of nitrogens with one attached hydrogen (secondary N) is 1. The highest BCUT2D eigenvalue weighted by molar-refractivity contribution is 9.10. The van der Waals surface area contributed by atoms with Crippen molar-refractivity contribution >= 4 is 27.3 Å². The fourth-order valence-corrected chi connectivity index (χ4v) is 4.80. The first-order valence-electron chi connectivity index (χ1n) is 7.64. The molecule has 1 aromatic heterocycles. The molecule has 2 unspecified atom stereocenters. The van der Waals surface area contributed by atoms with Crippen molar-refractivity contribution in [2.75, 3.05) is 13.1 Å². The van der Waals surface area contributed by atoms with Crippen LogP contribution in [0.5, 0.6) is 0 Å². The topological polar surface area (TPSA) is 15.3 Å². The highest BCUT2D eigenvalue weighted by Gasteiger charge is 2.40. The second-order valence-electron chi connectivity index (χ2n) is 7.36. The normalized spacial score (nSPS) is 28.8. The standard InChI is InChI=1S/C16H25BrN2S/c1-16(2,3)15-8-18-13(11-4-5-11)9-19(15)10-14-12(17)6-7-20-14/h6-7,11,13,15,18H,4-5,8-10H2,1-3H3. The summed E-state index contributed by atoms with van der Waals surface area (Å²) < 4.78 is 1.27. The number of hydrogen-bond donors (Lipinski definition) is 1. The molecule has 0 spiro atoms. The molecule has 0 bridgehead atoms. The molecule has 2 atom stereocenters. The molecule has 2 aliphatic rings. The van der Waals surface area contributed by atoms with Gasteiger partial charge in [-0.05, 0) is 51.6 Å². The molecule has 1 N–H and O–H groups in total.